The van der Waals surface area contributed by atoms with E-state index in [4.69, 9.17) is 5.73 Å². The number of rotatable bonds is 5. The van der Waals surface area contributed by atoms with Crippen LogP contribution in [0.1, 0.15) is 31.9 Å². The van der Waals surface area contributed by atoms with Crippen molar-refractivity contribution in [2.24, 2.45) is 0 Å². The Kier molecular flexibility index (Phi) is 3.21. The molecule has 2 N–H and O–H groups in total. The molecule has 0 amide bonds. The monoisotopic (exact) mass is 205 g/mol. The molecule has 3 heteroatoms. The third-order valence-electron chi connectivity index (χ3n) is 2.79. The number of hydrogen-bond donors (Lipinski definition) is 1. The van der Waals surface area contributed by atoms with Gasteiger partial charge in [-0.3, -0.25) is 9.88 Å². The van der Waals surface area contributed by atoms with E-state index in [9.17, 15) is 0 Å². The van der Waals surface area contributed by atoms with Gasteiger partial charge in [-0.2, -0.15) is 0 Å². The van der Waals surface area contributed by atoms with Crippen molar-refractivity contribution in [3.8, 4) is 0 Å². The maximum absolute atomic E-state index is 5.61. The number of nitrogens with zero attached hydrogens (tertiary/aromatic N) is 2. The number of aromatic nitrogens is 1. The fourth-order valence-electron chi connectivity index (χ4n) is 1.86. The topological polar surface area (TPSA) is 42.1 Å². The van der Waals surface area contributed by atoms with Gasteiger partial charge in [0.15, 0.2) is 0 Å². The molecule has 0 atom stereocenters. The van der Waals surface area contributed by atoms with Crippen LogP contribution < -0.4 is 5.73 Å². The zero-order valence-electron chi connectivity index (χ0n) is 9.32. The highest BCUT2D eigenvalue weighted by Gasteiger charge is 2.28. The van der Waals surface area contributed by atoms with Gasteiger partial charge in [0, 0.05) is 12.6 Å². The average Bonchev–Trinajstić information content (AvgIpc) is 3.04. The van der Waals surface area contributed by atoms with Crippen LogP contribution in [0.5, 0.6) is 0 Å². The average molecular weight is 205 g/mol. The van der Waals surface area contributed by atoms with Crippen molar-refractivity contribution in [1.29, 1.82) is 0 Å². The SMILES string of the molecule is CCCN(Cc1ccc(N)cn1)C1CC1. The van der Waals surface area contributed by atoms with Gasteiger partial charge in [0.2, 0.25) is 0 Å². The molecule has 0 bridgehead atoms. The first-order valence-corrected chi connectivity index (χ1v) is 5.74. The molecule has 1 aromatic heterocycles. The molecule has 0 radical (unpaired) electrons. The van der Waals surface area contributed by atoms with Crippen molar-refractivity contribution in [3.63, 3.8) is 0 Å². The van der Waals surface area contributed by atoms with Crippen molar-refractivity contribution in [1.82, 2.24) is 9.88 Å². The molecule has 0 unspecified atom stereocenters. The Morgan fingerprint density at radius 3 is 2.80 bits per heavy atom. The standard InChI is InChI=1S/C12H19N3/c1-2-7-15(12-5-6-12)9-11-4-3-10(13)8-14-11/h3-4,8,12H,2,5-7,9,13H2,1H3. The Labute approximate surface area is 91.3 Å². The van der Waals surface area contributed by atoms with E-state index >= 15 is 0 Å². The number of hydrogen-bond acceptors (Lipinski definition) is 3. The van der Waals surface area contributed by atoms with Gasteiger partial charge < -0.3 is 5.73 Å². The Balaban J connectivity index is 1.95. The van der Waals surface area contributed by atoms with Gasteiger partial charge in [0.25, 0.3) is 0 Å². The maximum atomic E-state index is 5.61. The third-order valence-corrected chi connectivity index (χ3v) is 2.79. The second-order valence-electron chi connectivity index (χ2n) is 4.28. The van der Waals surface area contributed by atoms with E-state index in [1.807, 2.05) is 12.1 Å². The summed E-state index contributed by atoms with van der Waals surface area (Å²) in [6.45, 7) is 4.38. The van der Waals surface area contributed by atoms with E-state index in [1.165, 1.54) is 25.8 Å². The largest absolute Gasteiger partial charge is 0.397 e. The van der Waals surface area contributed by atoms with E-state index in [0.29, 0.717) is 0 Å². The molecular formula is C12H19N3. The smallest absolute Gasteiger partial charge is 0.0545 e. The molecule has 0 spiro atoms. The first kappa shape index (κ1) is 10.4. The van der Waals surface area contributed by atoms with Crippen molar-refractivity contribution in [2.75, 3.05) is 12.3 Å². The van der Waals surface area contributed by atoms with Crippen LogP contribution in [0.25, 0.3) is 0 Å². The van der Waals surface area contributed by atoms with Crippen molar-refractivity contribution in [3.05, 3.63) is 24.0 Å². The van der Waals surface area contributed by atoms with E-state index in [-0.39, 0.29) is 0 Å². The lowest BCUT2D eigenvalue weighted by atomic mass is 10.3. The van der Waals surface area contributed by atoms with Crippen molar-refractivity contribution >= 4 is 5.69 Å². The highest BCUT2D eigenvalue weighted by Crippen LogP contribution is 2.28. The normalized spacial score (nSPS) is 15.9. The Hall–Kier alpha value is -1.09. The van der Waals surface area contributed by atoms with Crippen LogP contribution in [0, 0.1) is 0 Å². The molecule has 0 aromatic carbocycles. The van der Waals surface area contributed by atoms with Gasteiger partial charge in [-0.05, 0) is 37.9 Å². The molecule has 1 aliphatic carbocycles. The zero-order chi connectivity index (χ0) is 10.7. The van der Waals surface area contributed by atoms with Crippen LogP contribution >= 0.6 is 0 Å². The summed E-state index contributed by atoms with van der Waals surface area (Å²) in [6, 6.07) is 4.77. The van der Waals surface area contributed by atoms with Crippen LogP contribution in [0.2, 0.25) is 0 Å². The predicted octanol–water partition coefficient (Wildman–Crippen LogP) is 2.04. The second-order valence-corrected chi connectivity index (χ2v) is 4.28. The first-order valence-electron chi connectivity index (χ1n) is 5.74. The Bertz CT molecular complexity index is 303. The van der Waals surface area contributed by atoms with Gasteiger partial charge in [0.1, 0.15) is 0 Å². The summed E-state index contributed by atoms with van der Waals surface area (Å²) < 4.78 is 0. The van der Waals surface area contributed by atoms with Crippen molar-refractivity contribution in [2.45, 2.75) is 38.8 Å². The molecule has 15 heavy (non-hydrogen) atoms. The summed E-state index contributed by atoms with van der Waals surface area (Å²) in [6.07, 6.45) is 5.67. The van der Waals surface area contributed by atoms with Gasteiger partial charge in [-0.1, -0.05) is 6.92 Å². The summed E-state index contributed by atoms with van der Waals surface area (Å²) in [7, 11) is 0. The fraction of sp³-hybridized carbons (Fsp3) is 0.583. The molecule has 82 valence electrons. The van der Waals surface area contributed by atoms with Gasteiger partial charge in [-0.25, -0.2) is 0 Å². The molecule has 3 nitrogen and oxygen atoms in total. The molecule has 0 saturated heterocycles. The molecule has 1 aromatic rings. The maximum Gasteiger partial charge on any atom is 0.0545 e. The second kappa shape index (κ2) is 4.62. The highest BCUT2D eigenvalue weighted by atomic mass is 15.2. The highest BCUT2D eigenvalue weighted by molar-refractivity contribution is 5.34. The van der Waals surface area contributed by atoms with Gasteiger partial charge >= 0.3 is 0 Å². The Morgan fingerprint density at radius 1 is 1.47 bits per heavy atom. The first-order chi connectivity index (χ1) is 7.29. The van der Waals surface area contributed by atoms with E-state index < -0.39 is 0 Å². The predicted molar refractivity (Wildman–Crippen MR) is 62.4 cm³/mol. The minimum absolute atomic E-state index is 0.743. The van der Waals surface area contributed by atoms with Crippen molar-refractivity contribution < 1.29 is 0 Å². The number of nitrogen functional groups attached to an aromatic ring is 1. The third kappa shape index (κ3) is 2.93. The lowest BCUT2D eigenvalue weighted by molar-refractivity contribution is 0.252. The van der Waals surface area contributed by atoms with Gasteiger partial charge in [-0.15, -0.1) is 0 Å². The molecule has 1 heterocycles. The number of pyridine rings is 1. The minimum Gasteiger partial charge on any atom is -0.397 e. The van der Waals surface area contributed by atoms with Gasteiger partial charge in [0.05, 0.1) is 17.6 Å². The number of nitrogens with two attached hydrogens (primary N) is 1. The lowest BCUT2D eigenvalue weighted by Gasteiger charge is -2.20. The van der Waals surface area contributed by atoms with Crippen LogP contribution in [-0.4, -0.2) is 22.5 Å². The minimum atomic E-state index is 0.743. The van der Waals surface area contributed by atoms with Crippen LogP contribution in [-0.2, 0) is 6.54 Å². The molecule has 2 rings (SSSR count). The summed E-state index contributed by atoms with van der Waals surface area (Å²) in [5.74, 6) is 0. The van der Waals surface area contributed by atoms with Crippen LogP contribution in [0.3, 0.4) is 0 Å². The number of anilines is 1. The quantitative estimate of drug-likeness (QED) is 0.799. The summed E-state index contributed by atoms with van der Waals surface area (Å²) in [5.41, 5.74) is 7.48. The molecule has 0 aliphatic heterocycles. The fourth-order valence-corrected chi connectivity index (χ4v) is 1.86. The Morgan fingerprint density at radius 2 is 2.27 bits per heavy atom. The van der Waals surface area contributed by atoms with E-state index in [1.54, 1.807) is 6.20 Å². The van der Waals surface area contributed by atoms with Crippen LogP contribution in [0.15, 0.2) is 18.3 Å². The molecule has 1 aliphatic rings. The lowest BCUT2D eigenvalue weighted by Crippen LogP contribution is -2.26. The zero-order valence-corrected chi connectivity index (χ0v) is 9.32. The molecular weight excluding hydrogens is 186 g/mol. The summed E-state index contributed by atoms with van der Waals surface area (Å²) in [5, 5.41) is 0. The van der Waals surface area contributed by atoms with E-state index in [0.717, 1.165) is 24.0 Å². The molecule has 1 fully saturated rings. The summed E-state index contributed by atoms with van der Waals surface area (Å²) >= 11 is 0. The molecule has 1 saturated carbocycles. The summed E-state index contributed by atoms with van der Waals surface area (Å²) in [4.78, 5) is 6.87. The van der Waals surface area contributed by atoms with E-state index in [2.05, 4.69) is 16.8 Å². The van der Waals surface area contributed by atoms with Crippen LogP contribution in [0.4, 0.5) is 5.69 Å².